The fraction of sp³-hybridized carbons (Fsp3) is 0.417. The summed E-state index contributed by atoms with van der Waals surface area (Å²) in [6, 6.07) is 13.9. The van der Waals surface area contributed by atoms with Crippen molar-refractivity contribution in [3.63, 3.8) is 0 Å². The van der Waals surface area contributed by atoms with Crippen molar-refractivity contribution < 1.29 is 18.7 Å². The number of carbonyl (C=O) groups excluding carboxylic acids is 2. The van der Waals surface area contributed by atoms with Gasteiger partial charge in [0.1, 0.15) is 11.6 Å². The molecule has 31 heavy (non-hydrogen) atoms. The van der Waals surface area contributed by atoms with E-state index in [0.29, 0.717) is 17.9 Å². The Hall–Kier alpha value is -3.09. The smallest absolute Gasteiger partial charge is 0.265 e. The van der Waals surface area contributed by atoms with Crippen LogP contribution >= 0.6 is 0 Å². The number of piperidine rings is 1. The number of likely N-dealkylation sites (N-methyl/N-ethyl adjacent to an activating group) is 1. The molecule has 2 aromatic carbocycles. The Morgan fingerprint density at radius 3 is 2.55 bits per heavy atom. The Bertz CT molecular complexity index is 945. The molecule has 0 radical (unpaired) electrons. The van der Waals surface area contributed by atoms with Crippen LogP contribution in [0.5, 0.6) is 5.75 Å². The summed E-state index contributed by atoms with van der Waals surface area (Å²) < 4.78 is 20.0. The van der Waals surface area contributed by atoms with Crippen LogP contribution < -0.4 is 9.64 Å². The summed E-state index contributed by atoms with van der Waals surface area (Å²) in [5, 5.41) is 0. The van der Waals surface area contributed by atoms with Crippen LogP contribution in [0.25, 0.3) is 0 Å². The molecule has 164 valence electrons. The third-order valence-corrected chi connectivity index (χ3v) is 5.92. The van der Waals surface area contributed by atoms with Gasteiger partial charge in [-0.25, -0.2) is 4.39 Å². The molecule has 6 nitrogen and oxygen atoms in total. The molecule has 2 aromatic rings. The topological polar surface area (TPSA) is 53.1 Å². The van der Waals surface area contributed by atoms with E-state index in [4.69, 9.17) is 4.74 Å². The second-order valence-corrected chi connectivity index (χ2v) is 8.18. The van der Waals surface area contributed by atoms with E-state index in [2.05, 4.69) is 0 Å². The van der Waals surface area contributed by atoms with Gasteiger partial charge in [-0.15, -0.1) is 0 Å². The zero-order valence-corrected chi connectivity index (χ0v) is 17.8. The van der Waals surface area contributed by atoms with Gasteiger partial charge in [-0.1, -0.05) is 30.3 Å². The van der Waals surface area contributed by atoms with E-state index in [-0.39, 0.29) is 30.7 Å². The number of fused-ring (bicyclic) bond motifs is 1. The summed E-state index contributed by atoms with van der Waals surface area (Å²) in [5.41, 5.74) is 1.26. The minimum atomic E-state index is -0.641. The minimum absolute atomic E-state index is 0.0219. The van der Waals surface area contributed by atoms with Crippen LogP contribution in [0.2, 0.25) is 0 Å². The number of carbonyl (C=O) groups is 2. The van der Waals surface area contributed by atoms with Gasteiger partial charge in [0.05, 0.1) is 18.8 Å². The molecule has 0 spiro atoms. The van der Waals surface area contributed by atoms with Crippen molar-refractivity contribution >= 4 is 17.5 Å². The molecule has 2 heterocycles. The van der Waals surface area contributed by atoms with Gasteiger partial charge >= 0.3 is 0 Å². The fourth-order valence-electron chi connectivity index (χ4n) is 4.16. The van der Waals surface area contributed by atoms with Gasteiger partial charge in [-0.3, -0.25) is 9.59 Å². The standard InChI is InChI=1S/C24H28FN3O3/c1-26(15-18-9-3-4-10-19(18)25)23(29)17-28-16-22(24(30)27-13-7-2-8-14-27)31-21-12-6-5-11-20(21)28/h3-6,9-12,22H,2,7-8,13-17H2,1H3. The van der Waals surface area contributed by atoms with Crippen molar-refractivity contribution in [3.8, 4) is 5.75 Å². The lowest BCUT2D eigenvalue weighted by molar-refractivity contribution is -0.139. The van der Waals surface area contributed by atoms with Gasteiger partial charge in [0.15, 0.2) is 6.10 Å². The van der Waals surface area contributed by atoms with Gasteiger partial charge < -0.3 is 19.4 Å². The Labute approximate surface area is 182 Å². The number of rotatable bonds is 5. The molecule has 2 aliphatic rings. The second-order valence-electron chi connectivity index (χ2n) is 8.18. The van der Waals surface area contributed by atoms with Crippen molar-refractivity contribution in [2.45, 2.75) is 31.9 Å². The summed E-state index contributed by atoms with van der Waals surface area (Å²) in [7, 11) is 1.66. The lowest BCUT2D eigenvalue weighted by atomic mass is 10.1. The Balaban J connectivity index is 1.47. The van der Waals surface area contributed by atoms with E-state index in [1.165, 1.54) is 11.0 Å². The molecule has 4 rings (SSSR count). The molecule has 2 aliphatic heterocycles. The largest absolute Gasteiger partial charge is 0.477 e. The highest BCUT2D eigenvalue weighted by Crippen LogP contribution is 2.33. The van der Waals surface area contributed by atoms with Crippen LogP contribution in [-0.4, -0.2) is 60.9 Å². The van der Waals surface area contributed by atoms with Crippen LogP contribution in [0.15, 0.2) is 48.5 Å². The lowest BCUT2D eigenvalue weighted by Gasteiger charge is -2.38. The molecule has 0 bridgehead atoms. The van der Waals surface area contributed by atoms with Crippen molar-refractivity contribution in [1.29, 1.82) is 0 Å². The predicted octanol–water partition coefficient (Wildman–Crippen LogP) is 3.06. The van der Waals surface area contributed by atoms with Crippen LogP contribution in [-0.2, 0) is 16.1 Å². The highest BCUT2D eigenvalue weighted by Gasteiger charge is 2.34. The normalized spacial score (nSPS) is 18.2. The van der Waals surface area contributed by atoms with Gasteiger partial charge in [-0.05, 0) is 37.5 Å². The average molecular weight is 426 g/mol. The number of likely N-dealkylation sites (tertiary alicyclic amines) is 1. The third kappa shape index (κ3) is 4.81. The quantitative estimate of drug-likeness (QED) is 0.739. The first-order chi connectivity index (χ1) is 15.0. The minimum Gasteiger partial charge on any atom is -0.477 e. The summed E-state index contributed by atoms with van der Waals surface area (Å²) in [5.74, 6) is 0.107. The molecule has 2 amide bonds. The number of benzene rings is 2. The van der Waals surface area contributed by atoms with Gasteiger partial charge in [-0.2, -0.15) is 0 Å². The number of halogens is 1. The maximum absolute atomic E-state index is 14.0. The Kier molecular flexibility index (Phi) is 6.39. The summed E-state index contributed by atoms with van der Waals surface area (Å²) in [4.78, 5) is 31.3. The number of ether oxygens (including phenoxy) is 1. The van der Waals surface area contributed by atoms with Crippen LogP contribution in [0, 0.1) is 5.82 Å². The highest BCUT2D eigenvalue weighted by atomic mass is 19.1. The highest BCUT2D eigenvalue weighted by molar-refractivity contribution is 5.86. The third-order valence-electron chi connectivity index (χ3n) is 5.92. The Morgan fingerprint density at radius 1 is 1.06 bits per heavy atom. The number of hydrogen-bond donors (Lipinski definition) is 0. The number of amides is 2. The number of hydrogen-bond acceptors (Lipinski definition) is 4. The molecule has 1 fully saturated rings. The fourth-order valence-corrected chi connectivity index (χ4v) is 4.16. The molecule has 0 aromatic heterocycles. The van der Waals surface area contributed by atoms with Crippen molar-refractivity contribution in [2.24, 2.45) is 0 Å². The van der Waals surface area contributed by atoms with Gasteiger partial charge in [0, 0.05) is 32.2 Å². The van der Waals surface area contributed by atoms with Gasteiger partial charge in [0.2, 0.25) is 5.91 Å². The molecule has 0 aliphatic carbocycles. The summed E-state index contributed by atoms with van der Waals surface area (Å²) in [6.07, 6.45) is 2.53. The monoisotopic (exact) mass is 425 g/mol. The zero-order chi connectivity index (χ0) is 21.8. The van der Waals surface area contributed by atoms with Crippen molar-refractivity contribution in [1.82, 2.24) is 9.80 Å². The molecule has 0 N–H and O–H groups in total. The van der Waals surface area contributed by atoms with Crippen molar-refractivity contribution in [3.05, 3.63) is 59.9 Å². The molecule has 1 unspecified atom stereocenters. The lowest BCUT2D eigenvalue weighted by Crippen LogP contribution is -2.53. The first-order valence-electron chi connectivity index (χ1n) is 10.8. The molecular formula is C24H28FN3O3. The average Bonchev–Trinajstić information content (AvgIpc) is 2.80. The van der Waals surface area contributed by atoms with E-state index in [1.54, 1.807) is 25.2 Å². The summed E-state index contributed by atoms with van der Waals surface area (Å²) >= 11 is 0. The van der Waals surface area contributed by atoms with Crippen LogP contribution in [0.1, 0.15) is 24.8 Å². The van der Waals surface area contributed by atoms with E-state index in [1.807, 2.05) is 34.1 Å². The van der Waals surface area contributed by atoms with Crippen LogP contribution in [0.4, 0.5) is 10.1 Å². The number of para-hydroxylation sites is 2. The summed E-state index contributed by atoms with van der Waals surface area (Å²) in [6.45, 7) is 2.10. The van der Waals surface area contributed by atoms with Gasteiger partial charge in [0.25, 0.3) is 5.91 Å². The Morgan fingerprint density at radius 2 is 1.77 bits per heavy atom. The first kappa shape index (κ1) is 21.2. The maximum atomic E-state index is 14.0. The number of nitrogens with zero attached hydrogens (tertiary/aromatic N) is 3. The number of anilines is 1. The van der Waals surface area contributed by atoms with E-state index >= 15 is 0 Å². The molecule has 7 heteroatoms. The molecule has 1 saturated heterocycles. The van der Waals surface area contributed by atoms with E-state index in [0.717, 1.165) is 38.0 Å². The molecule has 1 atom stereocenters. The van der Waals surface area contributed by atoms with E-state index < -0.39 is 6.10 Å². The van der Waals surface area contributed by atoms with E-state index in [9.17, 15) is 14.0 Å². The zero-order valence-electron chi connectivity index (χ0n) is 17.8. The maximum Gasteiger partial charge on any atom is 0.265 e. The SMILES string of the molecule is CN(Cc1ccccc1F)C(=O)CN1CC(C(=O)N2CCCCC2)Oc2ccccc21. The molecular weight excluding hydrogens is 397 g/mol. The second kappa shape index (κ2) is 9.37. The van der Waals surface area contributed by atoms with Crippen LogP contribution in [0.3, 0.4) is 0 Å². The van der Waals surface area contributed by atoms with Crippen molar-refractivity contribution in [2.75, 3.05) is 38.1 Å². The predicted molar refractivity (Wildman–Crippen MR) is 116 cm³/mol. The molecule has 0 saturated carbocycles. The first-order valence-corrected chi connectivity index (χ1v) is 10.8.